The Labute approximate surface area is 136 Å². The summed E-state index contributed by atoms with van der Waals surface area (Å²) in [4.78, 5) is 16.1. The minimum absolute atomic E-state index is 0.229. The molecule has 0 radical (unpaired) electrons. The fourth-order valence-electron chi connectivity index (χ4n) is 1.56. The van der Waals surface area contributed by atoms with Crippen LogP contribution in [0.2, 0.25) is 0 Å². The highest BCUT2D eigenvalue weighted by Gasteiger charge is 2.08. The van der Waals surface area contributed by atoms with Crippen LogP contribution in [0.15, 0.2) is 42.6 Å². The van der Waals surface area contributed by atoms with Crippen LogP contribution in [-0.4, -0.2) is 16.0 Å². The third-order valence-corrected chi connectivity index (χ3v) is 3.35. The number of carbonyl (C=O) groups is 1. The number of thiocarbonyl (C=S) groups is 1. The first-order chi connectivity index (χ1) is 9.54. The van der Waals surface area contributed by atoms with Gasteiger partial charge in [0.1, 0.15) is 5.82 Å². The van der Waals surface area contributed by atoms with Crippen molar-refractivity contribution in [1.29, 1.82) is 0 Å². The van der Waals surface area contributed by atoms with Gasteiger partial charge in [0.2, 0.25) is 0 Å². The normalized spacial score (nSPS) is 9.90. The summed E-state index contributed by atoms with van der Waals surface area (Å²) < 4.78 is 0.995. The molecule has 6 heteroatoms. The number of nitrogens with zero attached hydrogens (tertiary/aromatic N) is 1. The van der Waals surface area contributed by atoms with Gasteiger partial charge in [-0.2, -0.15) is 0 Å². The van der Waals surface area contributed by atoms with E-state index >= 15 is 0 Å². The van der Waals surface area contributed by atoms with Crippen molar-refractivity contribution in [3.05, 3.63) is 57.3 Å². The lowest BCUT2D eigenvalue weighted by molar-refractivity contribution is 0.0977. The van der Waals surface area contributed by atoms with Crippen molar-refractivity contribution in [3.8, 4) is 0 Å². The molecule has 0 aliphatic heterocycles. The molecule has 2 N–H and O–H groups in total. The molecule has 0 saturated heterocycles. The van der Waals surface area contributed by atoms with Crippen LogP contribution in [0, 0.1) is 10.5 Å². The lowest BCUT2D eigenvalue weighted by atomic mass is 10.2. The minimum atomic E-state index is -0.242. The Bertz CT molecular complexity index is 660. The zero-order chi connectivity index (χ0) is 14.5. The number of anilines is 1. The summed E-state index contributed by atoms with van der Waals surface area (Å²) in [5.41, 5.74) is 1.63. The summed E-state index contributed by atoms with van der Waals surface area (Å²) in [6.45, 7) is 1.96. The molecule has 0 atom stereocenters. The van der Waals surface area contributed by atoms with Crippen molar-refractivity contribution < 1.29 is 4.79 Å². The fourth-order valence-corrected chi connectivity index (χ4v) is 2.30. The van der Waals surface area contributed by atoms with E-state index in [2.05, 4.69) is 38.2 Å². The molecule has 0 aliphatic rings. The van der Waals surface area contributed by atoms with E-state index in [9.17, 15) is 4.79 Å². The molecule has 4 nitrogen and oxygen atoms in total. The predicted octanol–water partition coefficient (Wildman–Crippen LogP) is 3.12. The summed E-state index contributed by atoms with van der Waals surface area (Å²) in [5, 5.41) is 5.74. The zero-order valence-corrected chi connectivity index (χ0v) is 13.7. The third kappa shape index (κ3) is 4.24. The van der Waals surface area contributed by atoms with Crippen LogP contribution in [0.4, 0.5) is 5.82 Å². The van der Waals surface area contributed by atoms with E-state index in [1.165, 1.54) is 0 Å². The molecule has 0 saturated carbocycles. The Morgan fingerprint density at radius 2 is 2.10 bits per heavy atom. The van der Waals surface area contributed by atoms with Crippen molar-refractivity contribution >= 4 is 51.6 Å². The number of aromatic nitrogens is 1. The Balaban J connectivity index is 1.99. The minimum Gasteiger partial charge on any atom is -0.317 e. The molecule has 1 heterocycles. The van der Waals surface area contributed by atoms with Crippen molar-refractivity contribution in [1.82, 2.24) is 10.3 Å². The Morgan fingerprint density at radius 1 is 1.30 bits per heavy atom. The largest absolute Gasteiger partial charge is 0.317 e. The van der Waals surface area contributed by atoms with Gasteiger partial charge in [-0.1, -0.05) is 6.07 Å². The first-order valence-electron chi connectivity index (χ1n) is 5.85. The van der Waals surface area contributed by atoms with Crippen LogP contribution in [-0.2, 0) is 0 Å². The number of pyridine rings is 1. The van der Waals surface area contributed by atoms with Gasteiger partial charge < -0.3 is 5.32 Å². The van der Waals surface area contributed by atoms with E-state index < -0.39 is 0 Å². The number of carbonyl (C=O) groups excluding carboxylic acids is 1. The topological polar surface area (TPSA) is 54.0 Å². The number of hydrogen-bond acceptors (Lipinski definition) is 3. The first kappa shape index (κ1) is 14.9. The van der Waals surface area contributed by atoms with E-state index in [1.807, 2.05) is 31.2 Å². The first-order valence-corrected chi connectivity index (χ1v) is 7.34. The fraction of sp³-hybridized carbons (Fsp3) is 0.0714. The highest BCUT2D eigenvalue weighted by Crippen LogP contribution is 2.08. The van der Waals surface area contributed by atoms with Crippen LogP contribution < -0.4 is 10.6 Å². The van der Waals surface area contributed by atoms with Gasteiger partial charge in [0.25, 0.3) is 5.91 Å². The van der Waals surface area contributed by atoms with Crippen LogP contribution in [0.3, 0.4) is 0 Å². The van der Waals surface area contributed by atoms with Crippen LogP contribution in [0.1, 0.15) is 15.9 Å². The number of nitrogens with one attached hydrogen (secondary N) is 2. The number of aryl methyl sites for hydroxylation is 1. The van der Waals surface area contributed by atoms with Gasteiger partial charge in [-0.25, -0.2) is 4.98 Å². The SMILES string of the molecule is Cc1ccnc(NC(=S)NC(=O)c2cccc(I)c2)c1. The molecule has 0 aliphatic carbocycles. The highest BCUT2D eigenvalue weighted by atomic mass is 127. The molecule has 0 bridgehead atoms. The average molecular weight is 397 g/mol. The molecule has 2 rings (SSSR count). The highest BCUT2D eigenvalue weighted by molar-refractivity contribution is 14.1. The maximum atomic E-state index is 12.0. The zero-order valence-electron chi connectivity index (χ0n) is 10.7. The second-order valence-corrected chi connectivity index (χ2v) is 5.79. The van der Waals surface area contributed by atoms with Gasteiger partial charge >= 0.3 is 0 Å². The van der Waals surface area contributed by atoms with Gasteiger partial charge in [0, 0.05) is 15.3 Å². The van der Waals surface area contributed by atoms with Gasteiger partial charge in [0.15, 0.2) is 5.11 Å². The van der Waals surface area contributed by atoms with Gasteiger partial charge in [-0.05, 0) is 77.6 Å². The Hall–Kier alpha value is -1.54. The summed E-state index contributed by atoms with van der Waals surface area (Å²) in [6, 6.07) is 11.0. The monoisotopic (exact) mass is 397 g/mol. The number of amides is 1. The molecule has 102 valence electrons. The molecule has 20 heavy (non-hydrogen) atoms. The third-order valence-electron chi connectivity index (χ3n) is 2.47. The van der Waals surface area contributed by atoms with E-state index in [4.69, 9.17) is 12.2 Å². The summed E-state index contributed by atoms with van der Waals surface area (Å²) in [5.74, 6) is 0.367. The lowest BCUT2D eigenvalue weighted by Gasteiger charge is -2.09. The number of rotatable bonds is 2. The molecule has 0 spiro atoms. The van der Waals surface area contributed by atoms with Crippen LogP contribution in [0.25, 0.3) is 0 Å². The van der Waals surface area contributed by atoms with E-state index in [-0.39, 0.29) is 11.0 Å². The molecule has 1 aromatic heterocycles. The number of benzene rings is 1. The number of halogens is 1. The molecular weight excluding hydrogens is 385 g/mol. The predicted molar refractivity (Wildman–Crippen MR) is 91.8 cm³/mol. The molecular formula is C14H12IN3OS. The Kier molecular flexibility index (Phi) is 5.02. The number of hydrogen-bond donors (Lipinski definition) is 2. The van der Waals surface area contributed by atoms with Crippen molar-refractivity contribution in [2.24, 2.45) is 0 Å². The van der Waals surface area contributed by atoms with E-state index in [0.717, 1.165) is 9.13 Å². The molecule has 1 amide bonds. The van der Waals surface area contributed by atoms with Gasteiger partial charge in [-0.3, -0.25) is 10.1 Å². The maximum absolute atomic E-state index is 12.0. The summed E-state index contributed by atoms with van der Waals surface area (Å²) in [7, 11) is 0. The molecule has 0 fully saturated rings. The van der Waals surface area contributed by atoms with E-state index in [0.29, 0.717) is 11.4 Å². The standard InChI is InChI=1S/C14H12IN3OS/c1-9-5-6-16-12(7-9)17-14(20)18-13(19)10-3-2-4-11(15)8-10/h2-8H,1H3,(H2,16,17,18,19,20). The van der Waals surface area contributed by atoms with Crippen molar-refractivity contribution in [2.75, 3.05) is 5.32 Å². The maximum Gasteiger partial charge on any atom is 0.257 e. The lowest BCUT2D eigenvalue weighted by Crippen LogP contribution is -2.34. The van der Waals surface area contributed by atoms with Crippen molar-refractivity contribution in [3.63, 3.8) is 0 Å². The average Bonchev–Trinajstić information content (AvgIpc) is 2.38. The van der Waals surface area contributed by atoms with Crippen molar-refractivity contribution in [2.45, 2.75) is 6.92 Å². The Morgan fingerprint density at radius 3 is 2.80 bits per heavy atom. The summed E-state index contributed by atoms with van der Waals surface area (Å²) >= 11 is 7.26. The second kappa shape index (κ2) is 6.76. The molecule has 1 aromatic carbocycles. The smallest absolute Gasteiger partial charge is 0.257 e. The van der Waals surface area contributed by atoms with Crippen LogP contribution >= 0.6 is 34.8 Å². The van der Waals surface area contributed by atoms with E-state index in [1.54, 1.807) is 18.3 Å². The molecule has 2 aromatic rings. The second-order valence-electron chi connectivity index (χ2n) is 4.14. The molecule has 0 unspecified atom stereocenters. The van der Waals surface area contributed by atoms with Crippen LogP contribution in [0.5, 0.6) is 0 Å². The van der Waals surface area contributed by atoms with Gasteiger partial charge in [-0.15, -0.1) is 0 Å². The quantitative estimate of drug-likeness (QED) is 0.604. The van der Waals surface area contributed by atoms with Gasteiger partial charge in [0.05, 0.1) is 0 Å². The summed E-state index contributed by atoms with van der Waals surface area (Å²) in [6.07, 6.45) is 1.68.